The SMILES string of the molecule is COc1ccc(C(=O)Nc2cc(-c3ccc(CO)s3)ccc2[N+](=O)[O-])cc1. The number of rotatable bonds is 6. The summed E-state index contributed by atoms with van der Waals surface area (Å²) in [5.74, 6) is 0.150. The molecule has 0 aliphatic heterocycles. The maximum absolute atomic E-state index is 12.5. The molecule has 0 aliphatic rings. The molecule has 2 N–H and O–H groups in total. The molecule has 3 aromatic rings. The number of hydrogen-bond donors (Lipinski definition) is 2. The van der Waals surface area contributed by atoms with Crippen molar-refractivity contribution < 1.29 is 19.6 Å². The highest BCUT2D eigenvalue weighted by molar-refractivity contribution is 7.15. The molecule has 0 atom stereocenters. The minimum absolute atomic E-state index is 0.0707. The van der Waals surface area contributed by atoms with Crippen molar-refractivity contribution in [2.24, 2.45) is 0 Å². The van der Waals surface area contributed by atoms with Crippen LogP contribution in [0.1, 0.15) is 15.2 Å². The lowest BCUT2D eigenvalue weighted by Crippen LogP contribution is -2.13. The van der Waals surface area contributed by atoms with Crippen LogP contribution in [0.3, 0.4) is 0 Å². The molecule has 27 heavy (non-hydrogen) atoms. The fraction of sp³-hybridized carbons (Fsp3) is 0.105. The highest BCUT2D eigenvalue weighted by Crippen LogP contribution is 2.34. The average molecular weight is 384 g/mol. The summed E-state index contributed by atoms with van der Waals surface area (Å²) in [6, 6.07) is 14.6. The number of nitrogens with one attached hydrogen (secondary N) is 1. The summed E-state index contributed by atoms with van der Waals surface area (Å²) < 4.78 is 5.06. The van der Waals surface area contributed by atoms with Gasteiger partial charge in [-0.25, -0.2) is 0 Å². The van der Waals surface area contributed by atoms with Gasteiger partial charge in [-0.1, -0.05) is 0 Å². The number of carbonyl (C=O) groups excluding carboxylic acids is 1. The van der Waals surface area contributed by atoms with Gasteiger partial charge >= 0.3 is 0 Å². The largest absolute Gasteiger partial charge is 0.497 e. The van der Waals surface area contributed by atoms with E-state index in [0.29, 0.717) is 11.3 Å². The first kappa shape index (κ1) is 18.6. The van der Waals surface area contributed by atoms with E-state index < -0.39 is 10.8 Å². The van der Waals surface area contributed by atoms with Crippen LogP contribution in [0, 0.1) is 10.1 Å². The second-order valence-electron chi connectivity index (χ2n) is 5.60. The lowest BCUT2D eigenvalue weighted by Gasteiger charge is -2.08. The third-order valence-corrected chi connectivity index (χ3v) is 5.01. The molecule has 0 radical (unpaired) electrons. The molecular formula is C19H16N2O5S. The zero-order valence-corrected chi connectivity index (χ0v) is 15.2. The summed E-state index contributed by atoms with van der Waals surface area (Å²) in [6.45, 7) is -0.0707. The number of nitro groups is 1. The van der Waals surface area contributed by atoms with E-state index in [1.807, 2.05) is 6.07 Å². The normalized spacial score (nSPS) is 10.4. The van der Waals surface area contributed by atoms with Crippen molar-refractivity contribution >= 4 is 28.6 Å². The molecule has 1 heterocycles. The van der Waals surface area contributed by atoms with E-state index in [4.69, 9.17) is 4.74 Å². The van der Waals surface area contributed by atoms with Gasteiger partial charge in [0.1, 0.15) is 11.4 Å². The number of nitrogens with zero attached hydrogens (tertiary/aromatic N) is 1. The van der Waals surface area contributed by atoms with E-state index >= 15 is 0 Å². The highest BCUT2D eigenvalue weighted by atomic mass is 32.1. The summed E-state index contributed by atoms with van der Waals surface area (Å²) in [5.41, 5.74) is 0.987. The lowest BCUT2D eigenvalue weighted by atomic mass is 10.1. The van der Waals surface area contributed by atoms with Crippen LogP contribution in [0.15, 0.2) is 54.6 Å². The van der Waals surface area contributed by atoms with Gasteiger partial charge < -0.3 is 15.2 Å². The van der Waals surface area contributed by atoms with Gasteiger partial charge in [-0.05, 0) is 54.1 Å². The number of aliphatic hydroxyl groups is 1. The Morgan fingerprint density at radius 2 is 1.93 bits per heavy atom. The van der Waals surface area contributed by atoms with E-state index in [2.05, 4.69) is 5.32 Å². The predicted octanol–water partition coefficient (Wildman–Crippen LogP) is 4.08. The molecule has 0 unspecified atom stereocenters. The van der Waals surface area contributed by atoms with Crippen molar-refractivity contribution in [1.29, 1.82) is 0 Å². The Morgan fingerprint density at radius 1 is 1.19 bits per heavy atom. The van der Waals surface area contributed by atoms with Crippen LogP contribution in [0.5, 0.6) is 5.75 Å². The van der Waals surface area contributed by atoms with E-state index in [-0.39, 0.29) is 18.0 Å². The van der Waals surface area contributed by atoms with E-state index in [9.17, 15) is 20.0 Å². The zero-order valence-electron chi connectivity index (χ0n) is 14.3. The van der Waals surface area contributed by atoms with E-state index in [0.717, 1.165) is 15.3 Å². The summed E-state index contributed by atoms with van der Waals surface area (Å²) in [5, 5.41) is 23.1. The summed E-state index contributed by atoms with van der Waals surface area (Å²) in [6.07, 6.45) is 0. The first-order valence-electron chi connectivity index (χ1n) is 7.95. The van der Waals surface area contributed by atoms with Crippen LogP contribution < -0.4 is 10.1 Å². The topological polar surface area (TPSA) is 102 Å². The lowest BCUT2D eigenvalue weighted by molar-refractivity contribution is -0.383. The maximum Gasteiger partial charge on any atom is 0.292 e. The van der Waals surface area contributed by atoms with Gasteiger partial charge in [-0.2, -0.15) is 0 Å². The third kappa shape index (κ3) is 4.13. The molecule has 138 valence electrons. The molecule has 0 bridgehead atoms. The Labute approximate surface area is 159 Å². The molecule has 0 fully saturated rings. The molecule has 1 amide bonds. The minimum atomic E-state index is -0.541. The standard InChI is InChI=1S/C19H16N2O5S/c1-26-14-5-2-12(3-6-14)19(23)20-16-10-13(4-8-17(16)21(24)25)18-9-7-15(11-22)27-18/h2-10,22H,11H2,1H3,(H,20,23). The smallest absolute Gasteiger partial charge is 0.292 e. The summed E-state index contributed by atoms with van der Waals surface area (Å²) in [4.78, 5) is 24.9. The number of anilines is 1. The molecular weight excluding hydrogens is 368 g/mol. The Morgan fingerprint density at radius 3 is 2.52 bits per heavy atom. The Bertz CT molecular complexity index is 982. The number of thiophene rings is 1. The van der Waals surface area contributed by atoms with Crippen molar-refractivity contribution in [2.45, 2.75) is 6.61 Å². The molecule has 0 saturated heterocycles. The van der Waals surface area contributed by atoms with Gasteiger partial charge in [0, 0.05) is 21.4 Å². The van der Waals surface area contributed by atoms with Gasteiger partial charge in [-0.3, -0.25) is 14.9 Å². The monoisotopic (exact) mass is 384 g/mol. The van der Waals surface area contributed by atoms with Crippen molar-refractivity contribution in [3.8, 4) is 16.2 Å². The molecule has 1 aromatic heterocycles. The zero-order chi connectivity index (χ0) is 19.4. The third-order valence-electron chi connectivity index (χ3n) is 3.90. The van der Waals surface area contributed by atoms with Crippen LogP contribution in [0.2, 0.25) is 0 Å². The number of benzene rings is 2. The molecule has 0 aliphatic carbocycles. The maximum atomic E-state index is 12.5. The van der Waals surface area contributed by atoms with Gasteiger partial charge in [0.2, 0.25) is 0 Å². The molecule has 7 nitrogen and oxygen atoms in total. The van der Waals surface area contributed by atoms with Gasteiger partial charge in [0.05, 0.1) is 18.6 Å². The number of nitro benzene ring substituents is 1. The summed E-state index contributed by atoms with van der Waals surface area (Å²) >= 11 is 1.38. The Kier molecular flexibility index (Phi) is 5.49. The quantitative estimate of drug-likeness (QED) is 0.493. The molecule has 0 spiro atoms. The van der Waals surface area contributed by atoms with Crippen LogP contribution in [0.25, 0.3) is 10.4 Å². The molecule has 2 aromatic carbocycles. The van der Waals surface area contributed by atoms with Crippen LogP contribution >= 0.6 is 11.3 Å². The highest BCUT2D eigenvalue weighted by Gasteiger charge is 2.18. The Hall–Kier alpha value is -3.23. The Balaban J connectivity index is 1.92. The molecule has 0 saturated carbocycles. The number of aliphatic hydroxyl groups excluding tert-OH is 1. The van der Waals surface area contributed by atoms with Crippen molar-refractivity contribution in [2.75, 3.05) is 12.4 Å². The number of amides is 1. The fourth-order valence-corrected chi connectivity index (χ4v) is 3.37. The first-order valence-corrected chi connectivity index (χ1v) is 8.77. The van der Waals surface area contributed by atoms with Gasteiger partial charge in [0.25, 0.3) is 11.6 Å². The number of carbonyl (C=O) groups is 1. The van der Waals surface area contributed by atoms with Crippen LogP contribution in [-0.4, -0.2) is 23.0 Å². The van der Waals surface area contributed by atoms with Crippen molar-refractivity contribution in [3.05, 3.63) is 75.2 Å². The van der Waals surface area contributed by atoms with Gasteiger partial charge in [0.15, 0.2) is 0 Å². The number of hydrogen-bond acceptors (Lipinski definition) is 6. The van der Waals surface area contributed by atoms with Crippen molar-refractivity contribution in [3.63, 3.8) is 0 Å². The molecule has 8 heteroatoms. The van der Waals surface area contributed by atoms with E-state index in [1.54, 1.807) is 42.5 Å². The number of ether oxygens (including phenoxy) is 1. The van der Waals surface area contributed by atoms with E-state index in [1.165, 1.54) is 24.5 Å². The van der Waals surface area contributed by atoms with Crippen LogP contribution in [-0.2, 0) is 6.61 Å². The van der Waals surface area contributed by atoms with Crippen LogP contribution in [0.4, 0.5) is 11.4 Å². The van der Waals surface area contributed by atoms with Gasteiger partial charge in [-0.15, -0.1) is 11.3 Å². The molecule has 3 rings (SSSR count). The average Bonchev–Trinajstić information content (AvgIpc) is 3.17. The minimum Gasteiger partial charge on any atom is -0.497 e. The first-order chi connectivity index (χ1) is 13.0. The predicted molar refractivity (Wildman–Crippen MR) is 103 cm³/mol. The fourth-order valence-electron chi connectivity index (χ4n) is 2.50. The second kappa shape index (κ2) is 7.98. The number of methoxy groups -OCH3 is 1. The second-order valence-corrected chi connectivity index (χ2v) is 6.76. The van der Waals surface area contributed by atoms with Crippen molar-refractivity contribution in [1.82, 2.24) is 0 Å². The summed E-state index contributed by atoms with van der Waals surface area (Å²) in [7, 11) is 1.52.